The molecule has 0 aliphatic carbocycles. The smallest absolute Gasteiger partial charge is 0.168 e. The van der Waals surface area contributed by atoms with Gasteiger partial charge in [0.05, 0.1) is 7.11 Å². The molecule has 0 fully saturated rings. The lowest BCUT2D eigenvalue weighted by atomic mass is 9.99. The topological polar surface area (TPSA) is 47.3 Å². The molecule has 2 rings (SSSR count). The van der Waals surface area contributed by atoms with Crippen LogP contribution in [0.5, 0.6) is 5.75 Å². The van der Waals surface area contributed by atoms with Gasteiger partial charge < -0.3 is 4.74 Å². The Balaban J connectivity index is 2.10. The van der Waals surface area contributed by atoms with Gasteiger partial charge in [0, 0.05) is 10.5 Å². The molecule has 0 saturated heterocycles. The summed E-state index contributed by atoms with van der Waals surface area (Å²) < 4.78 is 20.2. The third-order valence-corrected chi connectivity index (χ3v) is 3.89. The Morgan fingerprint density at radius 2 is 1.90 bits per heavy atom. The van der Waals surface area contributed by atoms with Crippen molar-refractivity contribution < 1.29 is 9.13 Å². The first-order valence-corrected chi connectivity index (χ1v) is 7.45. The molecule has 5 heteroatoms. The summed E-state index contributed by atoms with van der Waals surface area (Å²) in [7, 11) is 1.46. The summed E-state index contributed by atoms with van der Waals surface area (Å²) >= 11 is 3.40. The average Bonchev–Trinajstić information content (AvgIpc) is 2.50. The second kappa shape index (κ2) is 7.54. The van der Waals surface area contributed by atoms with Gasteiger partial charge in [-0.1, -0.05) is 40.2 Å². The first kappa shape index (κ1) is 15.9. The van der Waals surface area contributed by atoms with Crippen LogP contribution in [0.15, 0.2) is 46.9 Å². The molecule has 21 heavy (non-hydrogen) atoms. The quantitative estimate of drug-likeness (QED) is 0.619. The number of hydrogen-bond donors (Lipinski definition) is 2. The molecule has 0 aliphatic heterocycles. The Morgan fingerprint density at radius 3 is 2.52 bits per heavy atom. The third kappa shape index (κ3) is 4.27. The van der Waals surface area contributed by atoms with E-state index >= 15 is 0 Å². The first-order chi connectivity index (χ1) is 10.1. The van der Waals surface area contributed by atoms with Gasteiger partial charge in [-0.3, -0.25) is 11.3 Å². The van der Waals surface area contributed by atoms with E-state index in [-0.39, 0.29) is 17.6 Å². The monoisotopic (exact) mass is 352 g/mol. The average molecular weight is 353 g/mol. The first-order valence-electron chi connectivity index (χ1n) is 6.66. The molecule has 1 unspecified atom stereocenters. The number of nitrogens with one attached hydrogen (secondary N) is 1. The summed E-state index contributed by atoms with van der Waals surface area (Å²) in [5.74, 6) is 5.54. The van der Waals surface area contributed by atoms with Crippen molar-refractivity contribution in [2.45, 2.75) is 18.9 Å². The zero-order chi connectivity index (χ0) is 15.2. The number of rotatable bonds is 6. The highest BCUT2D eigenvalue weighted by atomic mass is 79.9. The molecule has 2 aromatic rings. The molecule has 112 valence electrons. The zero-order valence-corrected chi connectivity index (χ0v) is 13.4. The van der Waals surface area contributed by atoms with E-state index in [2.05, 4.69) is 21.4 Å². The lowest BCUT2D eigenvalue weighted by Gasteiger charge is -2.17. The van der Waals surface area contributed by atoms with E-state index in [0.29, 0.717) is 12.0 Å². The molecule has 0 amide bonds. The Bertz CT molecular complexity index is 589. The summed E-state index contributed by atoms with van der Waals surface area (Å²) in [5, 5.41) is 0. The molecule has 0 radical (unpaired) electrons. The van der Waals surface area contributed by atoms with E-state index in [0.717, 1.165) is 16.5 Å². The van der Waals surface area contributed by atoms with Crippen LogP contribution in [0.4, 0.5) is 4.39 Å². The second-order valence-electron chi connectivity index (χ2n) is 4.83. The highest BCUT2D eigenvalue weighted by Gasteiger charge is 2.14. The summed E-state index contributed by atoms with van der Waals surface area (Å²) in [6.07, 6.45) is 1.22. The minimum atomic E-state index is -0.323. The van der Waals surface area contributed by atoms with E-state index in [1.807, 2.05) is 24.3 Å². The van der Waals surface area contributed by atoms with Crippen molar-refractivity contribution in [1.82, 2.24) is 5.43 Å². The van der Waals surface area contributed by atoms with Gasteiger partial charge in [0.25, 0.3) is 0 Å². The molecule has 3 N–H and O–H groups in total. The molecular formula is C16H18BrFN2O. The van der Waals surface area contributed by atoms with Gasteiger partial charge in [-0.05, 0) is 42.2 Å². The number of nitrogens with two attached hydrogens (primary N) is 1. The third-order valence-electron chi connectivity index (χ3n) is 3.36. The van der Waals surface area contributed by atoms with Crippen LogP contribution in [0.1, 0.15) is 11.1 Å². The highest BCUT2D eigenvalue weighted by Crippen LogP contribution is 2.22. The van der Waals surface area contributed by atoms with Crippen molar-refractivity contribution in [2.24, 2.45) is 5.84 Å². The molecule has 0 spiro atoms. The van der Waals surface area contributed by atoms with E-state index < -0.39 is 0 Å². The van der Waals surface area contributed by atoms with Crippen LogP contribution in [-0.4, -0.2) is 13.2 Å². The van der Waals surface area contributed by atoms with Crippen molar-refractivity contribution >= 4 is 15.9 Å². The van der Waals surface area contributed by atoms with Crippen molar-refractivity contribution in [3.05, 3.63) is 63.9 Å². The standard InChI is InChI=1S/C16H18BrFN2O/c1-21-15-4-2-3-12(16(15)18)10-14(20-19)9-11-5-7-13(17)8-6-11/h2-8,14,20H,9-10,19H2,1H3. The van der Waals surface area contributed by atoms with Crippen LogP contribution < -0.4 is 16.0 Å². The second-order valence-corrected chi connectivity index (χ2v) is 5.75. The lowest BCUT2D eigenvalue weighted by molar-refractivity contribution is 0.382. The predicted molar refractivity (Wildman–Crippen MR) is 85.6 cm³/mol. The molecular weight excluding hydrogens is 335 g/mol. The van der Waals surface area contributed by atoms with Gasteiger partial charge in [-0.25, -0.2) is 4.39 Å². The van der Waals surface area contributed by atoms with Crippen LogP contribution in [0.3, 0.4) is 0 Å². The van der Waals surface area contributed by atoms with Crippen LogP contribution >= 0.6 is 15.9 Å². The van der Waals surface area contributed by atoms with Crippen molar-refractivity contribution in [2.75, 3.05) is 7.11 Å². The van der Waals surface area contributed by atoms with E-state index in [9.17, 15) is 4.39 Å². The maximum absolute atomic E-state index is 14.2. The molecule has 0 aromatic heterocycles. The molecule has 3 nitrogen and oxygen atoms in total. The fraction of sp³-hybridized carbons (Fsp3) is 0.250. The minimum Gasteiger partial charge on any atom is -0.494 e. The van der Waals surface area contributed by atoms with Gasteiger partial charge in [0.1, 0.15) is 0 Å². The van der Waals surface area contributed by atoms with Gasteiger partial charge in [0.15, 0.2) is 11.6 Å². The number of methoxy groups -OCH3 is 1. The van der Waals surface area contributed by atoms with E-state index in [4.69, 9.17) is 10.6 Å². The van der Waals surface area contributed by atoms with Gasteiger partial charge in [-0.15, -0.1) is 0 Å². The highest BCUT2D eigenvalue weighted by molar-refractivity contribution is 9.10. The van der Waals surface area contributed by atoms with Gasteiger partial charge in [-0.2, -0.15) is 0 Å². The Labute approximate surface area is 132 Å². The summed E-state index contributed by atoms with van der Waals surface area (Å²) in [5.41, 5.74) is 4.49. The fourth-order valence-electron chi connectivity index (χ4n) is 2.23. The molecule has 0 aliphatic rings. The molecule has 2 aromatic carbocycles. The number of benzene rings is 2. The van der Waals surface area contributed by atoms with Gasteiger partial charge in [0.2, 0.25) is 0 Å². The normalized spacial score (nSPS) is 12.2. The number of ether oxygens (including phenoxy) is 1. The fourth-order valence-corrected chi connectivity index (χ4v) is 2.50. The number of halogens is 2. The van der Waals surface area contributed by atoms with Crippen LogP contribution in [0, 0.1) is 5.82 Å². The van der Waals surface area contributed by atoms with Gasteiger partial charge >= 0.3 is 0 Å². The maximum atomic E-state index is 14.2. The zero-order valence-electron chi connectivity index (χ0n) is 11.8. The van der Waals surface area contributed by atoms with E-state index in [1.165, 1.54) is 7.11 Å². The van der Waals surface area contributed by atoms with Crippen LogP contribution in [-0.2, 0) is 12.8 Å². The summed E-state index contributed by atoms with van der Waals surface area (Å²) in [6.45, 7) is 0. The van der Waals surface area contributed by atoms with Crippen molar-refractivity contribution in [3.63, 3.8) is 0 Å². The van der Waals surface area contributed by atoms with Crippen molar-refractivity contribution in [1.29, 1.82) is 0 Å². The number of hydrogen-bond acceptors (Lipinski definition) is 3. The Morgan fingerprint density at radius 1 is 1.19 bits per heavy atom. The lowest BCUT2D eigenvalue weighted by Crippen LogP contribution is -2.38. The maximum Gasteiger partial charge on any atom is 0.168 e. The van der Waals surface area contributed by atoms with Crippen LogP contribution in [0.25, 0.3) is 0 Å². The SMILES string of the molecule is COc1cccc(CC(Cc2ccc(Br)cc2)NN)c1F. The summed E-state index contributed by atoms with van der Waals surface area (Å²) in [4.78, 5) is 0. The Kier molecular flexibility index (Phi) is 5.73. The van der Waals surface area contributed by atoms with E-state index in [1.54, 1.807) is 18.2 Å². The molecule has 1 atom stereocenters. The largest absolute Gasteiger partial charge is 0.494 e. The van der Waals surface area contributed by atoms with Crippen molar-refractivity contribution in [3.8, 4) is 5.75 Å². The molecule has 0 heterocycles. The molecule has 0 saturated carbocycles. The Hall–Kier alpha value is -1.43. The molecule has 0 bridgehead atoms. The predicted octanol–water partition coefficient (Wildman–Crippen LogP) is 3.21. The minimum absolute atomic E-state index is 0.0484. The van der Waals surface area contributed by atoms with Crippen LogP contribution in [0.2, 0.25) is 0 Å². The number of hydrazine groups is 1. The summed E-state index contributed by atoms with van der Waals surface area (Å²) in [6, 6.07) is 13.1.